The topological polar surface area (TPSA) is 88.3 Å². The molecule has 156 valence electrons. The fourth-order valence-corrected chi connectivity index (χ4v) is 3.09. The summed E-state index contributed by atoms with van der Waals surface area (Å²) in [5.74, 6) is -0.872. The van der Waals surface area contributed by atoms with Crippen LogP contribution in [0.5, 0.6) is 0 Å². The molecule has 3 aromatic rings. The number of carbonyl (C=O) groups is 3. The van der Waals surface area contributed by atoms with Gasteiger partial charge in [0.1, 0.15) is 0 Å². The highest BCUT2D eigenvalue weighted by Gasteiger charge is 2.12. The van der Waals surface area contributed by atoms with Crippen LogP contribution in [0.4, 0.5) is 5.69 Å². The summed E-state index contributed by atoms with van der Waals surface area (Å²) in [6.07, 6.45) is 3.63. The SMILES string of the molecule is CC(C)C(=O)Nc1ccc(C(=O)COC(=O)CCCc2c[nH]c3ccccc23)cc1. The second kappa shape index (κ2) is 9.87. The van der Waals surface area contributed by atoms with Crippen molar-refractivity contribution in [2.24, 2.45) is 5.92 Å². The molecule has 0 saturated carbocycles. The molecule has 1 heterocycles. The van der Waals surface area contributed by atoms with Gasteiger partial charge in [0.05, 0.1) is 0 Å². The molecule has 6 heteroatoms. The van der Waals surface area contributed by atoms with Crippen molar-refractivity contribution in [1.82, 2.24) is 4.98 Å². The number of aromatic nitrogens is 1. The number of anilines is 1. The standard InChI is InChI=1S/C24H26N2O4/c1-16(2)24(29)26-19-12-10-17(11-13-19)22(27)15-30-23(28)9-5-6-18-14-25-21-8-4-3-7-20(18)21/h3-4,7-8,10-14,16,25H,5-6,9,15H2,1-2H3,(H,26,29). The number of H-pyrrole nitrogens is 1. The smallest absolute Gasteiger partial charge is 0.306 e. The quantitative estimate of drug-likeness (QED) is 0.404. The molecule has 6 nitrogen and oxygen atoms in total. The van der Waals surface area contributed by atoms with E-state index in [4.69, 9.17) is 4.74 Å². The number of para-hydroxylation sites is 1. The number of fused-ring (bicyclic) bond motifs is 1. The molecule has 2 N–H and O–H groups in total. The zero-order valence-electron chi connectivity index (χ0n) is 17.2. The molecule has 0 spiro atoms. The first kappa shape index (κ1) is 21.3. The first-order valence-corrected chi connectivity index (χ1v) is 10.1. The molecular formula is C24H26N2O4. The lowest BCUT2D eigenvalue weighted by atomic mass is 10.1. The van der Waals surface area contributed by atoms with Gasteiger partial charge in [-0.05, 0) is 48.7 Å². The number of carbonyl (C=O) groups excluding carboxylic acids is 3. The summed E-state index contributed by atoms with van der Waals surface area (Å²) in [5.41, 5.74) is 3.30. The van der Waals surface area contributed by atoms with E-state index in [0.717, 1.165) is 17.3 Å². The van der Waals surface area contributed by atoms with E-state index >= 15 is 0 Å². The first-order chi connectivity index (χ1) is 14.4. The van der Waals surface area contributed by atoms with Crippen molar-refractivity contribution in [2.75, 3.05) is 11.9 Å². The van der Waals surface area contributed by atoms with E-state index in [1.165, 1.54) is 5.56 Å². The van der Waals surface area contributed by atoms with Crippen LogP contribution in [0.15, 0.2) is 54.7 Å². The fourth-order valence-electron chi connectivity index (χ4n) is 3.09. The Kier molecular flexibility index (Phi) is 7.01. The largest absolute Gasteiger partial charge is 0.457 e. The lowest BCUT2D eigenvalue weighted by Crippen LogP contribution is -2.18. The molecule has 0 radical (unpaired) electrons. The highest BCUT2D eigenvalue weighted by molar-refractivity contribution is 5.99. The number of ether oxygens (including phenoxy) is 1. The fraction of sp³-hybridized carbons (Fsp3) is 0.292. The summed E-state index contributed by atoms with van der Waals surface area (Å²) in [6.45, 7) is 3.33. The number of esters is 1. The van der Waals surface area contributed by atoms with E-state index < -0.39 is 0 Å². The summed E-state index contributed by atoms with van der Waals surface area (Å²) in [6, 6.07) is 14.6. The Hall–Kier alpha value is -3.41. The van der Waals surface area contributed by atoms with Gasteiger partial charge in [0.25, 0.3) is 0 Å². The number of hydrogen-bond donors (Lipinski definition) is 2. The lowest BCUT2D eigenvalue weighted by Gasteiger charge is -2.08. The third-order valence-electron chi connectivity index (χ3n) is 4.86. The van der Waals surface area contributed by atoms with Crippen LogP contribution in [0.2, 0.25) is 0 Å². The summed E-state index contributed by atoms with van der Waals surface area (Å²) in [5, 5.41) is 3.93. The van der Waals surface area contributed by atoms with Crippen molar-refractivity contribution < 1.29 is 19.1 Å². The van der Waals surface area contributed by atoms with Crippen molar-refractivity contribution >= 4 is 34.3 Å². The number of rotatable bonds is 9. The first-order valence-electron chi connectivity index (χ1n) is 10.1. The van der Waals surface area contributed by atoms with Gasteiger partial charge in [-0.3, -0.25) is 14.4 Å². The van der Waals surface area contributed by atoms with Crippen molar-refractivity contribution in [3.8, 4) is 0 Å². The molecule has 0 saturated heterocycles. The maximum Gasteiger partial charge on any atom is 0.306 e. The van der Waals surface area contributed by atoms with Gasteiger partial charge in [0.2, 0.25) is 5.91 Å². The molecule has 1 amide bonds. The van der Waals surface area contributed by atoms with Gasteiger partial charge in [-0.2, -0.15) is 0 Å². The van der Waals surface area contributed by atoms with Gasteiger partial charge >= 0.3 is 5.97 Å². The lowest BCUT2D eigenvalue weighted by molar-refractivity contribution is -0.142. The maximum atomic E-state index is 12.2. The molecule has 0 atom stereocenters. The molecule has 3 rings (SSSR count). The van der Waals surface area contributed by atoms with Gasteiger partial charge in [-0.1, -0.05) is 32.0 Å². The molecule has 0 aliphatic heterocycles. The number of amides is 1. The number of ketones is 1. The van der Waals surface area contributed by atoms with Crippen LogP contribution in [0.1, 0.15) is 42.6 Å². The number of Topliss-reactive ketones (excluding diaryl/α,β-unsaturated/α-hetero) is 1. The van der Waals surface area contributed by atoms with Crippen LogP contribution in [0.25, 0.3) is 10.9 Å². The van der Waals surface area contributed by atoms with Crippen LogP contribution < -0.4 is 5.32 Å². The van der Waals surface area contributed by atoms with E-state index in [1.807, 2.05) is 38.2 Å². The van der Waals surface area contributed by atoms with E-state index in [1.54, 1.807) is 24.3 Å². The third kappa shape index (κ3) is 5.56. The Balaban J connectivity index is 1.42. The Bertz CT molecular complexity index is 1030. The molecule has 0 aliphatic rings. The molecule has 0 fully saturated rings. The second-order valence-electron chi connectivity index (χ2n) is 7.52. The summed E-state index contributed by atoms with van der Waals surface area (Å²) in [4.78, 5) is 39.1. The average molecular weight is 406 g/mol. The van der Waals surface area contributed by atoms with Gasteiger partial charge in [0.15, 0.2) is 12.4 Å². The minimum atomic E-state index is -0.385. The monoisotopic (exact) mass is 406 g/mol. The number of aryl methyl sites for hydroxylation is 1. The van der Waals surface area contributed by atoms with E-state index in [0.29, 0.717) is 17.7 Å². The van der Waals surface area contributed by atoms with Crippen LogP contribution in [-0.2, 0) is 20.7 Å². The Morgan fingerprint density at radius 2 is 1.77 bits per heavy atom. The number of benzene rings is 2. The van der Waals surface area contributed by atoms with E-state index in [-0.39, 0.29) is 36.6 Å². The van der Waals surface area contributed by atoms with Crippen LogP contribution in [-0.4, -0.2) is 29.3 Å². The Morgan fingerprint density at radius 3 is 2.50 bits per heavy atom. The zero-order valence-corrected chi connectivity index (χ0v) is 17.2. The summed E-state index contributed by atoms with van der Waals surface area (Å²) in [7, 11) is 0. The van der Waals surface area contributed by atoms with Crippen molar-refractivity contribution in [3.05, 3.63) is 65.9 Å². The molecule has 0 bridgehead atoms. The third-order valence-corrected chi connectivity index (χ3v) is 4.86. The van der Waals surface area contributed by atoms with E-state index in [9.17, 15) is 14.4 Å². The highest BCUT2D eigenvalue weighted by atomic mass is 16.5. The number of nitrogens with one attached hydrogen (secondary N) is 2. The molecular weight excluding hydrogens is 380 g/mol. The van der Waals surface area contributed by atoms with Crippen molar-refractivity contribution in [2.45, 2.75) is 33.1 Å². The highest BCUT2D eigenvalue weighted by Crippen LogP contribution is 2.19. The summed E-state index contributed by atoms with van der Waals surface area (Å²) >= 11 is 0. The van der Waals surface area contributed by atoms with Crippen molar-refractivity contribution in [3.63, 3.8) is 0 Å². The molecule has 1 aromatic heterocycles. The molecule has 0 aliphatic carbocycles. The molecule has 2 aromatic carbocycles. The van der Waals surface area contributed by atoms with Crippen molar-refractivity contribution in [1.29, 1.82) is 0 Å². The number of aromatic amines is 1. The van der Waals surface area contributed by atoms with Gasteiger partial charge < -0.3 is 15.0 Å². The zero-order chi connectivity index (χ0) is 21.5. The summed E-state index contributed by atoms with van der Waals surface area (Å²) < 4.78 is 5.13. The van der Waals surface area contributed by atoms with Gasteiger partial charge in [-0.15, -0.1) is 0 Å². The van der Waals surface area contributed by atoms with Gasteiger partial charge in [-0.25, -0.2) is 0 Å². The number of hydrogen-bond acceptors (Lipinski definition) is 4. The van der Waals surface area contributed by atoms with Crippen LogP contribution >= 0.6 is 0 Å². The average Bonchev–Trinajstić information content (AvgIpc) is 3.15. The second-order valence-corrected chi connectivity index (χ2v) is 7.52. The van der Waals surface area contributed by atoms with Gasteiger partial charge in [0, 0.05) is 40.7 Å². The van der Waals surface area contributed by atoms with E-state index in [2.05, 4.69) is 16.4 Å². The predicted octanol–water partition coefficient (Wildman–Crippen LogP) is 4.51. The minimum absolute atomic E-state index is 0.0874. The van der Waals surface area contributed by atoms with Crippen LogP contribution in [0.3, 0.4) is 0 Å². The minimum Gasteiger partial charge on any atom is -0.457 e. The predicted molar refractivity (Wildman–Crippen MR) is 116 cm³/mol. The normalized spacial score (nSPS) is 10.9. The molecule has 0 unspecified atom stereocenters. The maximum absolute atomic E-state index is 12.2. The Labute approximate surface area is 175 Å². The van der Waals surface area contributed by atoms with Crippen LogP contribution in [0, 0.1) is 5.92 Å². The Morgan fingerprint density at radius 1 is 1.03 bits per heavy atom. The molecule has 30 heavy (non-hydrogen) atoms.